The maximum atomic E-state index is 12.7. The van der Waals surface area contributed by atoms with E-state index < -0.39 is 5.69 Å². The normalized spacial score (nSPS) is 12.3. The third-order valence-corrected chi connectivity index (χ3v) is 4.82. The van der Waals surface area contributed by atoms with E-state index in [1.165, 1.54) is 16.5 Å². The van der Waals surface area contributed by atoms with Crippen molar-refractivity contribution in [3.05, 3.63) is 31.9 Å². The highest BCUT2D eigenvalue weighted by Crippen LogP contribution is 2.16. The predicted molar refractivity (Wildman–Crippen MR) is 105 cm³/mol. The number of hydrogen-bond acceptors (Lipinski definition) is 4. The van der Waals surface area contributed by atoms with Gasteiger partial charge >= 0.3 is 5.69 Å². The third-order valence-electron chi connectivity index (χ3n) is 4.66. The van der Waals surface area contributed by atoms with E-state index in [4.69, 9.17) is 11.6 Å². The van der Waals surface area contributed by atoms with Crippen LogP contribution in [0.2, 0.25) is 0 Å². The highest BCUT2D eigenvalue weighted by Gasteiger charge is 2.18. The zero-order valence-corrected chi connectivity index (χ0v) is 16.9. The lowest BCUT2D eigenvalue weighted by molar-refractivity contribution is -0.894. The van der Waals surface area contributed by atoms with E-state index in [1.807, 2.05) is 6.08 Å². The first-order chi connectivity index (χ1) is 12.3. The smallest absolute Gasteiger partial charge is 0.332 e. The van der Waals surface area contributed by atoms with Crippen molar-refractivity contribution < 1.29 is 4.90 Å². The molecule has 0 bridgehead atoms. The summed E-state index contributed by atoms with van der Waals surface area (Å²) in [6.45, 7) is 10.3. The minimum Gasteiger partial charge on any atom is -0.350 e. The minimum absolute atomic E-state index is 0.362. The molecule has 0 spiro atoms. The van der Waals surface area contributed by atoms with E-state index in [9.17, 15) is 9.59 Å². The van der Waals surface area contributed by atoms with Crippen LogP contribution < -0.4 is 21.5 Å². The minimum atomic E-state index is -0.393. The molecular formula is C17H28ClN6O2+. The van der Waals surface area contributed by atoms with Gasteiger partial charge in [-0.2, -0.15) is 4.98 Å². The summed E-state index contributed by atoms with van der Waals surface area (Å²) >= 11 is 5.97. The van der Waals surface area contributed by atoms with Crippen molar-refractivity contribution in [2.24, 2.45) is 14.1 Å². The number of anilines is 1. The Hall–Kier alpha value is -2.06. The van der Waals surface area contributed by atoms with E-state index in [2.05, 4.69) is 24.1 Å². The Kier molecular flexibility index (Phi) is 6.66. The Morgan fingerprint density at radius 2 is 1.88 bits per heavy atom. The fourth-order valence-electron chi connectivity index (χ4n) is 2.93. The number of nitrogens with one attached hydrogen (secondary N) is 2. The zero-order valence-electron chi connectivity index (χ0n) is 16.1. The van der Waals surface area contributed by atoms with Crippen LogP contribution in [-0.4, -0.2) is 44.9 Å². The number of aromatic nitrogens is 4. The van der Waals surface area contributed by atoms with Crippen molar-refractivity contribution >= 4 is 28.7 Å². The maximum Gasteiger partial charge on any atom is 0.332 e. The number of rotatable bonds is 8. The van der Waals surface area contributed by atoms with Gasteiger partial charge in [-0.15, -0.1) is 0 Å². The molecule has 0 aromatic carbocycles. The van der Waals surface area contributed by atoms with Crippen LogP contribution in [0.4, 0.5) is 5.95 Å². The SMILES string of the molecule is CC[NH+](CC)CCNc1nc2c(c(=O)n(C)c(=O)n2C)n1C/C=C(/C)Cl. The molecule has 8 nitrogen and oxygen atoms in total. The second-order valence-corrected chi connectivity index (χ2v) is 6.94. The standard InChI is InChI=1S/C17H27ClN6O2/c1-6-23(7-2)11-9-19-16-20-14-13(24(16)10-8-12(3)18)15(25)22(5)17(26)21(14)4/h8H,6-7,9-11H2,1-5H3,(H,19,20)/p+1/b12-8-. The average molecular weight is 384 g/mol. The molecule has 144 valence electrons. The summed E-state index contributed by atoms with van der Waals surface area (Å²) in [5.41, 5.74) is 0.00635. The number of fused-ring (bicyclic) bond motifs is 1. The highest BCUT2D eigenvalue weighted by molar-refractivity contribution is 6.29. The number of halogens is 1. The van der Waals surface area contributed by atoms with Gasteiger partial charge in [0.05, 0.1) is 26.2 Å². The van der Waals surface area contributed by atoms with Gasteiger partial charge in [-0.1, -0.05) is 17.7 Å². The highest BCUT2D eigenvalue weighted by atomic mass is 35.5. The van der Waals surface area contributed by atoms with Crippen molar-refractivity contribution in [1.82, 2.24) is 18.7 Å². The van der Waals surface area contributed by atoms with Gasteiger partial charge in [0.25, 0.3) is 5.56 Å². The Labute approximate surface area is 157 Å². The van der Waals surface area contributed by atoms with Crippen LogP contribution in [0.15, 0.2) is 20.7 Å². The Bertz CT molecular complexity index is 916. The first kappa shape index (κ1) is 20.3. The van der Waals surface area contributed by atoms with Crippen LogP contribution in [0.5, 0.6) is 0 Å². The summed E-state index contributed by atoms with van der Waals surface area (Å²) in [4.78, 5) is 30.8. The van der Waals surface area contributed by atoms with Crippen molar-refractivity contribution in [3.8, 4) is 0 Å². The predicted octanol–water partition coefficient (Wildman–Crippen LogP) is -0.0871. The van der Waals surface area contributed by atoms with Crippen LogP contribution in [-0.2, 0) is 20.6 Å². The fraction of sp³-hybridized carbons (Fsp3) is 0.588. The third kappa shape index (κ3) is 4.02. The van der Waals surface area contributed by atoms with Gasteiger partial charge in [-0.05, 0) is 20.8 Å². The van der Waals surface area contributed by atoms with Gasteiger partial charge in [0.15, 0.2) is 11.2 Å². The molecule has 0 aliphatic heterocycles. The molecule has 2 aromatic rings. The van der Waals surface area contributed by atoms with Crippen LogP contribution in [0.1, 0.15) is 20.8 Å². The number of nitrogens with zero attached hydrogens (tertiary/aromatic N) is 4. The number of quaternary nitrogens is 1. The van der Waals surface area contributed by atoms with E-state index in [0.29, 0.717) is 28.7 Å². The first-order valence-electron chi connectivity index (χ1n) is 8.87. The van der Waals surface area contributed by atoms with Crippen molar-refractivity contribution in [2.75, 3.05) is 31.5 Å². The van der Waals surface area contributed by atoms with Crippen LogP contribution in [0, 0.1) is 0 Å². The van der Waals surface area contributed by atoms with Crippen LogP contribution in [0.25, 0.3) is 11.2 Å². The van der Waals surface area contributed by atoms with Gasteiger partial charge < -0.3 is 14.8 Å². The molecule has 2 aromatic heterocycles. The summed E-state index contributed by atoms with van der Waals surface area (Å²) in [5, 5.41) is 3.95. The lowest BCUT2D eigenvalue weighted by Gasteiger charge is -2.16. The topological polar surface area (TPSA) is 78.3 Å². The Morgan fingerprint density at radius 3 is 2.46 bits per heavy atom. The van der Waals surface area contributed by atoms with E-state index in [-0.39, 0.29) is 5.56 Å². The largest absolute Gasteiger partial charge is 0.350 e. The number of hydrogen-bond donors (Lipinski definition) is 2. The fourth-order valence-corrected chi connectivity index (χ4v) is 3.00. The van der Waals surface area contributed by atoms with Crippen molar-refractivity contribution in [1.29, 1.82) is 0 Å². The Balaban J connectivity index is 2.51. The Morgan fingerprint density at radius 1 is 1.23 bits per heavy atom. The van der Waals surface area contributed by atoms with Crippen molar-refractivity contribution in [2.45, 2.75) is 27.3 Å². The van der Waals surface area contributed by atoms with Crippen molar-refractivity contribution in [3.63, 3.8) is 0 Å². The number of aryl methyl sites for hydroxylation is 1. The average Bonchev–Trinajstić information content (AvgIpc) is 2.98. The molecule has 2 heterocycles. The van der Waals surface area contributed by atoms with Gasteiger partial charge in [0, 0.05) is 25.7 Å². The molecule has 26 heavy (non-hydrogen) atoms. The number of likely N-dealkylation sites (N-methyl/N-ethyl adjacent to an activating group) is 1. The van der Waals surface area contributed by atoms with E-state index >= 15 is 0 Å². The molecule has 2 rings (SSSR count). The molecule has 9 heteroatoms. The summed E-state index contributed by atoms with van der Waals surface area (Å²) in [5.74, 6) is 0.569. The summed E-state index contributed by atoms with van der Waals surface area (Å²) in [6.07, 6.45) is 1.81. The van der Waals surface area contributed by atoms with Gasteiger partial charge in [0.2, 0.25) is 5.95 Å². The second kappa shape index (κ2) is 8.55. The summed E-state index contributed by atoms with van der Waals surface area (Å²) in [6, 6.07) is 0. The molecule has 0 saturated heterocycles. The molecule has 0 saturated carbocycles. The summed E-state index contributed by atoms with van der Waals surface area (Å²) < 4.78 is 4.27. The molecule has 2 N–H and O–H groups in total. The molecule has 0 amide bonds. The molecule has 0 aliphatic carbocycles. The molecule has 0 fully saturated rings. The molecule has 0 aliphatic rings. The van der Waals surface area contributed by atoms with E-state index in [0.717, 1.165) is 30.7 Å². The molecule has 0 radical (unpaired) electrons. The number of allylic oxidation sites excluding steroid dienone is 2. The quantitative estimate of drug-likeness (QED) is 0.668. The lowest BCUT2D eigenvalue weighted by Crippen LogP contribution is -3.12. The van der Waals surface area contributed by atoms with Crippen LogP contribution in [0.3, 0.4) is 0 Å². The molecule has 0 unspecified atom stereocenters. The maximum absolute atomic E-state index is 12.7. The lowest BCUT2D eigenvalue weighted by atomic mass is 10.4. The van der Waals surface area contributed by atoms with Gasteiger partial charge in [-0.3, -0.25) is 13.9 Å². The van der Waals surface area contributed by atoms with E-state index in [1.54, 1.807) is 18.5 Å². The second-order valence-electron chi connectivity index (χ2n) is 6.35. The first-order valence-corrected chi connectivity index (χ1v) is 9.25. The number of imidazole rings is 1. The van der Waals surface area contributed by atoms with Gasteiger partial charge in [0.1, 0.15) is 0 Å². The van der Waals surface area contributed by atoms with Crippen LogP contribution >= 0.6 is 11.6 Å². The van der Waals surface area contributed by atoms with Gasteiger partial charge in [-0.25, -0.2) is 4.79 Å². The molecule has 0 atom stereocenters. The zero-order chi connectivity index (χ0) is 19.4. The summed E-state index contributed by atoms with van der Waals surface area (Å²) in [7, 11) is 3.09. The molecular weight excluding hydrogens is 356 g/mol. The monoisotopic (exact) mass is 383 g/mol.